The quantitative estimate of drug-likeness (QED) is 0.755. The summed E-state index contributed by atoms with van der Waals surface area (Å²) in [4.78, 5) is 14.7. The highest BCUT2D eigenvalue weighted by Gasteiger charge is 2.15. The molecular weight excluding hydrogens is 292 g/mol. The molecule has 2 N–H and O–H groups in total. The third-order valence-electron chi connectivity index (χ3n) is 3.16. The molecule has 0 bridgehead atoms. The molecular formula is C14H9ClN4O2. The number of hydrogen-bond donors (Lipinski definition) is 2. The minimum atomic E-state index is -0.452. The first-order valence-corrected chi connectivity index (χ1v) is 6.44. The Kier molecular flexibility index (Phi) is 3.12. The van der Waals surface area contributed by atoms with Crippen molar-refractivity contribution in [2.24, 2.45) is 0 Å². The van der Waals surface area contributed by atoms with Crippen LogP contribution in [0.15, 0.2) is 35.3 Å². The van der Waals surface area contributed by atoms with Crippen molar-refractivity contribution in [3.63, 3.8) is 0 Å². The minimum Gasteiger partial charge on any atom is -0.493 e. The number of aromatic amines is 1. The summed E-state index contributed by atoms with van der Waals surface area (Å²) in [7, 11) is 0. The maximum Gasteiger partial charge on any atom is 0.258 e. The van der Waals surface area contributed by atoms with Crippen molar-refractivity contribution in [2.75, 3.05) is 0 Å². The third-order valence-corrected chi connectivity index (χ3v) is 3.41. The largest absolute Gasteiger partial charge is 0.493 e. The van der Waals surface area contributed by atoms with Crippen LogP contribution in [0.25, 0.3) is 5.65 Å². The van der Waals surface area contributed by atoms with Crippen molar-refractivity contribution in [3.05, 3.63) is 62.5 Å². The Bertz CT molecular complexity index is 919. The van der Waals surface area contributed by atoms with Gasteiger partial charge in [-0.05, 0) is 17.7 Å². The molecule has 0 unspecified atom stereocenters. The number of fused-ring (bicyclic) bond motifs is 1. The van der Waals surface area contributed by atoms with Crippen molar-refractivity contribution in [1.82, 2.24) is 14.6 Å². The molecule has 104 valence electrons. The fourth-order valence-electron chi connectivity index (χ4n) is 2.09. The highest BCUT2D eigenvalue weighted by molar-refractivity contribution is 6.30. The summed E-state index contributed by atoms with van der Waals surface area (Å²) in [5.41, 5.74) is 0.928. The van der Waals surface area contributed by atoms with Gasteiger partial charge >= 0.3 is 0 Å². The third kappa shape index (κ3) is 2.24. The van der Waals surface area contributed by atoms with E-state index in [9.17, 15) is 9.90 Å². The van der Waals surface area contributed by atoms with Crippen LogP contribution in [-0.4, -0.2) is 19.7 Å². The summed E-state index contributed by atoms with van der Waals surface area (Å²) in [6.07, 6.45) is 1.52. The van der Waals surface area contributed by atoms with Crippen molar-refractivity contribution in [3.8, 4) is 11.9 Å². The molecule has 2 aromatic heterocycles. The molecule has 6 nitrogen and oxygen atoms in total. The van der Waals surface area contributed by atoms with Crippen LogP contribution in [0.4, 0.5) is 0 Å². The number of nitrogens with zero attached hydrogens (tertiary/aromatic N) is 3. The lowest BCUT2D eigenvalue weighted by molar-refractivity contribution is 0.428. The van der Waals surface area contributed by atoms with E-state index in [1.807, 2.05) is 6.07 Å². The Hall–Kier alpha value is -2.78. The number of nitrogens with one attached hydrogen (secondary N) is 1. The summed E-state index contributed by atoms with van der Waals surface area (Å²) in [5, 5.41) is 23.6. The van der Waals surface area contributed by atoms with Gasteiger partial charge in [0.1, 0.15) is 11.6 Å². The highest BCUT2D eigenvalue weighted by Crippen LogP contribution is 2.20. The monoisotopic (exact) mass is 300 g/mol. The first kappa shape index (κ1) is 13.2. The molecule has 3 rings (SSSR count). The van der Waals surface area contributed by atoms with E-state index in [1.54, 1.807) is 24.3 Å². The van der Waals surface area contributed by atoms with Crippen molar-refractivity contribution >= 4 is 17.2 Å². The second-order valence-corrected chi connectivity index (χ2v) is 4.93. The fourth-order valence-corrected chi connectivity index (χ4v) is 2.22. The average molecular weight is 301 g/mol. The Morgan fingerprint density at radius 1 is 1.38 bits per heavy atom. The number of hydrogen-bond acceptors (Lipinski definition) is 4. The van der Waals surface area contributed by atoms with Crippen LogP contribution >= 0.6 is 11.6 Å². The van der Waals surface area contributed by atoms with E-state index >= 15 is 0 Å². The number of aromatic hydroxyl groups is 1. The van der Waals surface area contributed by atoms with Gasteiger partial charge in [0.15, 0.2) is 5.65 Å². The van der Waals surface area contributed by atoms with Crippen molar-refractivity contribution in [2.45, 2.75) is 6.42 Å². The highest BCUT2D eigenvalue weighted by atomic mass is 35.5. The molecule has 0 aliphatic heterocycles. The molecule has 0 saturated heterocycles. The van der Waals surface area contributed by atoms with Gasteiger partial charge in [-0.1, -0.05) is 23.7 Å². The molecule has 7 heteroatoms. The normalized spacial score (nSPS) is 10.7. The Balaban J connectivity index is 2.13. The summed E-state index contributed by atoms with van der Waals surface area (Å²) in [6.45, 7) is 0. The maximum atomic E-state index is 12.1. The molecule has 21 heavy (non-hydrogen) atoms. The van der Waals surface area contributed by atoms with Gasteiger partial charge < -0.3 is 10.1 Å². The Morgan fingerprint density at radius 3 is 2.76 bits per heavy atom. The summed E-state index contributed by atoms with van der Waals surface area (Å²) in [6, 6.07) is 8.87. The van der Waals surface area contributed by atoms with E-state index in [1.165, 1.54) is 6.20 Å². The van der Waals surface area contributed by atoms with Crippen LogP contribution in [0.5, 0.6) is 5.88 Å². The first-order valence-electron chi connectivity index (χ1n) is 6.06. The number of H-pyrrole nitrogens is 1. The molecule has 0 aliphatic carbocycles. The molecule has 0 amide bonds. The van der Waals surface area contributed by atoms with E-state index in [0.717, 1.165) is 10.1 Å². The summed E-state index contributed by atoms with van der Waals surface area (Å²) >= 11 is 5.81. The van der Waals surface area contributed by atoms with Gasteiger partial charge in [-0.15, -0.1) is 0 Å². The van der Waals surface area contributed by atoms with E-state index in [4.69, 9.17) is 16.9 Å². The van der Waals surface area contributed by atoms with Gasteiger partial charge in [0.05, 0.1) is 11.8 Å². The van der Waals surface area contributed by atoms with Crippen molar-refractivity contribution < 1.29 is 5.11 Å². The predicted octanol–water partition coefficient (Wildman–Crippen LogP) is 1.84. The van der Waals surface area contributed by atoms with Gasteiger partial charge in [0.25, 0.3) is 5.56 Å². The molecule has 1 aromatic carbocycles. The molecule has 0 spiro atoms. The number of aromatic nitrogens is 3. The standard InChI is InChI=1S/C14H9ClN4O2/c15-10-3-1-8(2-4-10)5-11-13(20)18-12-9(6-16)7-17-19(12)14(11)21/h1-4,7,21H,5H2,(H,18,20). The second-order valence-electron chi connectivity index (χ2n) is 4.49. The Labute approximate surface area is 123 Å². The van der Waals surface area contributed by atoms with E-state index in [2.05, 4.69) is 10.1 Å². The molecule has 2 heterocycles. The molecule has 0 saturated carbocycles. The smallest absolute Gasteiger partial charge is 0.258 e. The van der Waals surface area contributed by atoms with E-state index in [-0.39, 0.29) is 29.1 Å². The molecule has 0 fully saturated rings. The summed E-state index contributed by atoms with van der Waals surface area (Å²) in [5.74, 6) is -0.273. The zero-order valence-corrected chi connectivity index (χ0v) is 11.4. The van der Waals surface area contributed by atoms with Crippen LogP contribution in [0.3, 0.4) is 0 Å². The van der Waals surface area contributed by atoms with Gasteiger partial charge in [-0.3, -0.25) is 4.79 Å². The molecule has 3 aromatic rings. The molecule has 0 atom stereocenters. The number of benzene rings is 1. The first-order chi connectivity index (χ1) is 10.1. The lowest BCUT2D eigenvalue weighted by Crippen LogP contribution is -2.16. The van der Waals surface area contributed by atoms with Crippen molar-refractivity contribution in [1.29, 1.82) is 5.26 Å². The van der Waals surface area contributed by atoms with E-state index in [0.29, 0.717) is 5.02 Å². The summed E-state index contributed by atoms with van der Waals surface area (Å²) < 4.78 is 1.14. The average Bonchev–Trinajstić information content (AvgIpc) is 2.88. The lowest BCUT2D eigenvalue weighted by Gasteiger charge is -2.06. The Morgan fingerprint density at radius 2 is 2.10 bits per heavy atom. The topological polar surface area (TPSA) is 94.2 Å². The number of rotatable bonds is 2. The second kappa shape index (κ2) is 4.96. The maximum absolute atomic E-state index is 12.1. The van der Waals surface area contributed by atoms with Gasteiger partial charge in [0.2, 0.25) is 5.88 Å². The SMILES string of the molecule is N#Cc1cnn2c(O)c(Cc3ccc(Cl)cc3)c(=O)[nH]c12. The van der Waals surface area contributed by atoms with Crippen LogP contribution < -0.4 is 5.56 Å². The van der Waals surface area contributed by atoms with Gasteiger partial charge in [0, 0.05) is 11.4 Å². The zero-order valence-electron chi connectivity index (χ0n) is 10.7. The minimum absolute atomic E-state index is 0.178. The van der Waals surface area contributed by atoms with Crippen LogP contribution in [0, 0.1) is 11.3 Å². The molecule has 0 aliphatic rings. The van der Waals surface area contributed by atoms with Crippen LogP contribution in [-0.2, 0) is 6.42 Å². The number of halogens is 1. The fraction of sp³-hybridized carbons (Fsp3) is 0.0714. The predicted molar refractivity (Wildman–Crippen MR) is 76.5 cm³/mol. The zero-order chi connectivity index (χ0) is 15.0. The van der Waals surface area contributed by atoms with Crippen LogP contribution in [0.2, 0.25) is 5.02 Å². The van der Waals surface area contributed by atoms with E-state index < -0.39 is 5.56 Å². The van der Waals surface area contributed by atoms with Gasteiger partial charge in [-0.2, -0.15) is 14.9 Å². The molecule has 0 radical (unpaired) electrons. The number of nitriles is 1. The van der Waals surface area contributed by atoms with Crippen LogP contribution in [0.1, 0.15) is 16.7 Å². The lowest BCUT2D eigenvalue weighted by atomic mass is 10.1. The van der Waals surface area contributed by atoms with Gasteiger partial charge in [-0.25, -0.2) is 0 Å².